The number of carbonyl (C=O) groups excluding carboxylic acids is 3. The van der Waals surface area contributed by atoms with Gasteiger partial charge in [-0.1, -0.05) is 23.7 Å². The molecule has 0 aliphatic rings. The molecule has 20 heavy (non-hydrogen) atoms. The summed E-state index contributed by atoms with van der Waals surface area (Å²) in [5.41, 5.74) is 1.40. The fraction of sp³-hybridized carbons (Fsp3) is 0. The Balaban J connectivity index is 2.27. The number of hydrogen-bond donors (Lipinski definition) is 1. The maximum Gasteiger partial charge on any atom is 0.255 e. The van der Waals surface area contributed by atoms with Crippen molar-refractivity contribution in [2.24, 2.45) is 0 Å². The highest BCUT2D eigenvalue weighted by Crippen LogP contribution is 2.20. The Morgan fingerprint density at radius 1 is 1.05 bits per heavy atom. The van der Waals surface area contributed by atoms with E-state index in [-0.39, 0.29) is 5.56 Å². The Morgan fingerprint density at radius 3 is 2.55 bits per heavy atom. The molecule has 2 aromatic rings. The summed E-state index contributed by atoms with van der Waals surface area (Å²) >= 11 is 5.78. The quantitative estimate of drug-likeness (QED) is 0.878. The van der Waals surface area contributed by atoms with E-state index < -0.39 is 5.91 Å². The molecule has 2 rings (SSSR count). The van der Waals surface area contributed by atoms with Gasteiger partial charge in [0.1, 0.15) is 6.29 Å². The van der Waals surface area contributed by atoms with Crippen LogP contribution in [0.3, 0.4) is 0 Å². The number of anilines is 1. The van der Waals surface area contributed by atoms with E-state index in [1.807, 2.05) is 0 Å². The minimum absolute atomic E-state index is 0.289. The number of nitrogens with one attached hydrogen (secondary N) is 1. The van der Waals surface area contributed by atoms with E-state index in [9.17, 15) is 14.4 Å². The zero-order chi connectivity index (χ0) is 14.5. The molecule has 0 atom stereocenters. The molecule has 0 radical (unpaired) electrons. The predicted molar refractivity (Wildman–Crippen MR) is 76.6 cm³/mol. The molecule has 0 bridgehead atoms. The molecule has 2 aromatic carbocycles. The maximum atomic E-state index is 12.1. The second-order valence-corrected chi connectivity index (χ2v) is 4.48. The van der Waals surface area contributed by atoms with Crippen molar-refractivity contribution in [1.29, 1.82) is 0 Å². The van der Waals surface area contributed by atoms with E-state index in [1.165, 1.54) is 12.1 Å². The fourth-order valence-corrected chi connectivity index (χ4v) is 1.87. The van der Waals surface area contributed by atoms with Crippen molar-refractivity contribution in [3.05, 3.63) is 64.2 Å². The van der Waals surface area contributed by atoms with Crippen LogP contribution in [0.1, 0.15) is 31.1 Å². The van der Waals surface area contributed by atoms with Gasteiger partial charge in [-0.25, -0.2) is 0 Å². The van der Waals surface area contributed by atoms with Gasteiger partial charge in [0.2, 0.25) is 0 Å². The average molecular weight is 288 g/mol. The highest BCUT2D eigenvalue weighted by atomic mass is 35.5. The Kier molecular flexibility index (Phi) is 4.27. The number of aldehydes is 2. The summed E-state index contributed by atoms with van der Waals surface area (Å²) in [6.07, 6.45) is 1.28. The number of halogens is 1. The van der Waals surface area contributed by atoms with Gasteiger partial charge in [-0.2, -0.15) is 0 Å². The van der Waals surface area contributed by atoms with Crippen molar-refractivity contribution in [1.82, 2.24) is 0 Å². The van der Waals surface area contributed by atoms with Crippen molar-refractivity contribution in [2.45, 2.75) is 0 Å². The SMILES string of the molecule is O=Cc1cccc(C(=O)Nc2ccc(Cl)cc2C=O)c1. The molecule has 0 aliphatic carbocycles. The van der Waals surface area contributed by atoms with Crippen LogP contribution in [0.25, 0.3) is 0 Å². The summed E-state index contributed by atoms with van der Waals surface area (Å²) < 4.78 is 0. The first-order chi connectivity index (χ1) is 9.63. The van der Waals surface area contributed by atoms with Gasteiger partial charge in [0.25, 0.3) is 5.91 Å². The molecule has 0 aromatic heterocycles. The van der Waals surface area contributed by atoms with Gasteiger partial charge < -0.3 is 5.32 Å². The summed E-state index contributed by atoms with van der Waals surface area (Å²) in [6, 6.07) is 10.9. The van der Waals surface area contributed by atoms with Gasteiger partial charge in [-0.3, -0.25) is 14.4 Å². The van der Waals surface area contributed by atoms with Crippen molar-refractivity contribution in [3.63, 3.8) is 0 Å². The number of rotatable bonds is 4. The second kappa shape index (κ2) is 6.12. The van der Waals surface area contributed by atoms with Gasteiger partial charge in [0.05, 0.1) is 5.69 Å². The van der Waals surface area contributed by atoms with Crippen molar-refractivity contribution < 1.29 is 14.4 Å². The number of amides is 1. The largest absolute Gasteiger partial charge is 0.321 e. The van der Waals surface area contributed by atoms with Crippen molar-refractivity contribution in [2.75, 3.05) is 5.32 Å². The fourth-order valence-electron chi connectivity index (χ4n) is 1.69. The number of benzene rings is 2. The molecule has 0 aliphatic heterocycles. The smallest absolute Gasteiger partial charge is 0.255 e. The zero-order valence-electron chi connectivity index (χ0n) is 10.3. The molecule has 100 valence electrons. The topological polar surface area (TPSA) is 63.2 Å². The van der Waals surface area contributed by atoms with Crippen LogP contribution in [0.15, 0.2) is 42.5 Å². The molecule has 4 nitrogen and oxygen atoms in total. The minimum atomic E-state index is -0.404. The summed E-state index contributed by atoms with van der Waals surface area (Å²) in [6.45, 7) is 0. The van der Waals surface area contributed by atoms with E-state index in [4.69, 9.17) is 11.6 Å². The van der Waals surface area contributed by atoms with Gasteiger partial charge >= 0.3 is 0 Å². The van der Waals surface area contributed by atoms with Gasteiger partial charge in [-0.05, 0) is 30.3 Å². The summed E-state index contributed by atoms with van der Waals surface area (Å²) in [7, 11) is 0. The highest BCUT2D eigenvalue weighted by Gasteiger charge is 2.09. The molecule has 0 heterocycles. The lowest BCUT2D eigenvalue weighted by molar-refractivity contribution is 0.102. The normalized spacial score (nSPS) is 9.85. The standard InChI is InChI=1S/C15H10ClNO3/c16-13-4-5-14(12(7-13)9-19)17-15(20)11-3-1-2-10(6-11)8-18/h1-9H,(H,17,20). The first kappa shape index (κ1) is 14.0. The molecule has 1 N–H and O–H groups in total. The van der Waals surface area contributed by atoms with E-state index in [0.717, 1.165) is 0 Å². The monoisotopic (exact) mass is 287 g/mol. The molecule has 0 saturated heterocycles. The lowest BCUT2D eigenvalue weighted by atomic mass is 10.1. The molecule has 0 fully saturated rings. The minimum Gasteiger partial charge on any atom is -0.321 e. The summed E-state index contributed by atoms with van der Waals surface area (Å²) in [5.74, 6) is -0.404. The van der Waals surface area contributed by atoms with Crippen molar-refractivity contribution in [3.8, 4) is 0 Å². The second-order valence-electron chi connectivity index (χ2n) is 4.05. The van der Waals surface area contributed by atoms with Crippen LogP contribution in [-0.2, 0) is 0 Å². The summed E-state index contributed by atoms with van der Waals surface area (Å²) in [5, 5.41) is 3.02. The van der Waals surface area contributed by atoms with E-state index in [1.54, 1.807) is 30.3 Å². The van der Waals surface area contributed by atoms with Crippen LogP contribution in [0.2, 0.25) is 5.02 Å². The third-order valence-electron chi connectivity index (χ3n) is 2.67. The highest BCUT2D eigenvalue weighted by molar-refractivity contribution is 6.31. The number of carbonyl (C=O) groups is 3. The lowest BCUT2D eigenvalue weighted by Crippen LogP contribution is -2.13. The van der Waals surface area contributed by atoms with E-state index in [2.05, 4.69) is 5.32 Å². The van der Waals surface area contributed by atoms with Crippen LogP contribution >= 0.6 is 11.6 Å². The van der Waals surface area contributed by atoms with Gasteiger partial charge in [0, 0.05) is 21.7 Å². The first-order valence-electron chi connectivity index (χ1n) is 5.75. The molecular weight excluding hydrogens is 278 g/mol. The van der Waals surface area contributed by atoms with Crippen LogP contribution in [0.4, 0.5) is 5.69 Å². The molecule has 5 heteroatoms. The van der Waals surface area contributed by atoms with Crippen LogP contribution in [0.5, 0.6) is 0 Å². The maximum absolute atomic E-state index is 12.1. The Labute approximate surface area is 120 Å². The van der Waals surface area contributed by atoms with E-state index in [0.29, 0.717) is 34.4 Å². The molecule has 0 unspecified atom stereocenters. The molecule has 0 spiro atoms. The predicted octanol–water partition coefficient (Wildman–Crippen LogP) is 3.22. The zero-order valence-corrected chi connectivity index (χ0v) is 11.1. The molecule has 0 saturated carbocycles. The van der Waals surface area contributed by atoms with Gasteiger partial charge in [-0.15, -0.1) is 0 Å². The van der Waals surface area contributed by atoms with Gasteiger partial charge in [0.15, 0.2) is 6.29 Å². The summed E-state index contributed by atoms with van der Waals surface area (Å²) in [4.78, 5) is 33.7. The van der Waals surface area contributed by atoms with Crippen LogP contribution in [-0.4, -0.2) is 18.5 Å². The Morgan fingerprint density at radius 2 is 1.85 bits per heavy atom. The molecule has 1 amide bonds. The van der Waals surface area contributed by atoms with E-state index >= 15 is 0 Å². The van der Waals surface area contributed by atoms with Crippen molar-refractivity contribution >= 4 is 35.8 Å². The molecular formula is C15H10ClNO3. The Bertz CT molecular complexity index is 683. The Hall–Kier alpha value is -2.46. The van der Waals surface area contributed by atoms with Crippen LogP contribution < -0.4 is 5.32 Å². The first-order valence-corrected chi connectivity index (χ1v) is 6.13. The van der Waals surface area contributed by atoms with Crippen LogP contribution in [0, 0.1) is 0 Å². The lowest BCUT2D eigenvalue weighted by Gasteiger charge is -2.08. The third-order valence-corrected chi connectivity index (χ3v) is 2.91. The number of hydrogen-bond acceptors (Lipinski definition) is 3. The third kappa shape index (κ3) is 3.10. The average Bonchev–Trinajstić information content (AvgIpc) is 2.49.